The van der Waals surface area contributed by atoms with Crippen molar-refractivity contribution in [2.24, 2.45) is 0 Å². The molecule has 0 unspecified atom stereocenters. The molecule has 0 aliphatic carbocycles. The van der Waals surface area contributed by atoms with E-state index in [9.17, 15) is 0 Å². The predicted octanol–water partition coefficient (Wildman–Crippen LogP) is 5.68. The van der Waals surface area contributed by atoms with E-state index in [1.54, 1.807) is 0 Å². The van der Waals surface area contributed by atoms with E-state index in [1.807, 2.05) is 11.3 Å². The fourth-order valence-electron chi connectivity index (χ4n) is 2.02. The Bertz CT molecular complexity index is 484. The Labute approximate surface area is 120 Å². The molecule has 1 aromatic heterocycles. The second-order valence-corrected chi connectivity index (χ2v) is 6.13. The molecule has 102 valence electrons. The molecule has 0 fully saturated rings. The van der Waals surface area contributed by atoms with Crippen molar-refractivity contribution in [1.29, 1.82) is 0 Å². The molecule has 0 spiro atoms. The summed E-state index contributed by atoms with van der Waals surface area (Å²) in [6.45, 7) is 5.20. The van der Waals surface area contributed by atoms with E-state index < -0.39 is 0 Å². The highest BCUT2D eigenvalue weighted by atomic mass is 32.1. The van der Waals surface area contributed by atoms with E-state index in [4.69, 9.17) is 4.74 Å². The average Bonchev–Trinajstić information content (AvgIpc) is 2.86. The highest BCUT2D eigenvalue weighted by Gasteiger charge is 2.01. The second-order valence-electron chi connectivity index (χ2n) is 4.84. The summed E-state index contributed by atoms with van der Waals surface area (Å²) in [5.41, 5.74) is 1.27. The van der Waals surface area contributed by atoms with Gasteiger partial charge in [-0.1, -0.05) is 26.2 Å². The summed E-state index contributed by atoms with van der Waals surface area (Å²) in [5, 5.41) is 0. The lowest BCUT2D eigenvalue weighted by Gasteiger charge is -2.06. The Morgan fingerprint density at radius 2 is 1.74 bits per heavy atom. The highest BCUT2D eigenvalue weighted by Crippen LogP contribution is 2.28. The molecule has 0 saturated heterocycles. The van der Waals surface area contributed by atoms with Gasteiger partial charge in [0.25, 0.3) is 0 Å². The first-order valence-electron chi connectivity index (χ1n) is 7.09. The zero-order chi connectivity index (χ0) is 13.5. The number of ether oxygens (including phenoxy) is 1. The fraction of sp³-hybridized carbons (Fsp3) is 0.412. The summed E-state index contributed by atoms with van der Waals surface area (Å²) in [5.74, 6) is 0.980. The van der Waals surface area contributed by atoms with Gasteiger partial charge in [0.2, 0.25) is 0 Å². The Morgan fingerprint density at radius 1 is 0.947 bits per heavy atom. The predicted molar refractivity (Wildman–Crippen MR) is 84.1 cm³/mol. The van der Waals surface area contributed by atoms with Gasteiger partial charge in [-0.2, -0.15) is 0 Å². The van der Waals surface area contributed by atoms with Crippen LogP contribution >= 0.6 is 11.3 Å². The van der Waals surface area contributed by atoms with Gasteiger partial charge in [-0.05, 0) is 55.3 Å². The van der Waals surface area contributed by atoms with Gasteiger partial charge in [0.1, 0.15) is 5.75 Å². The summed E-state index contributed by atoms with van der Waals surface area (Å²) < 4.78 is 5.75. The Morgan fingerprint density at radius 3 is 2.37 bits per heavy atom. The third-order valence-electron chi connectivity index (χ3n) is 3.15. The molecule has 0 aliphatic heterocycles. The lowest BCUT2D eigenvalue weighted by Crippen LogP contribution is -1.96. The lowest BCUT2D eigenvalue weighted by molar-refractivity contribution is 0.305. The Kier molecular flexibility index (Phi) is 5.46. The van der Waals surface area contributed by atoms with Gasteiger partial charge in [0.05, 0.1) is 6.61 Å². The summed E-state index contributed by atoms with van der Waals surface area (Å²) >= 11 is 1.83. The van der Waals surface area contributed by atoms with Crippen LogP contribution in [-0.2, 0) is 0 Å². The molecule has 2 rings (SSSR count). The third-order valence-corrected chi connectivity index (χ3v) is 4.20. The number of hydrogen-bond acceptors (Lipinski definition) is 2. The van der Waals surface area contributed by atoms with Gasteiger partial charge in [-0.3, -0.25) is 0 Å². The molecule has 2 heteroatoms. The largest absolute Gasteiger partial charge is 0.494 e. The summed E-state index contributed by atoms with van der Waals surface area (Å²) in [6.07, 6.45) is 5.00. The number of thiophene rings is 1. The molecule has 1 aromatic carbocycles. The minimum absolute atomic E-state index is 0.831. The van der Waals surface area contributed by atoms with E-state index in [0.29, 0.717) is 0 Å². The standard InChI is InChI=1S/C17H22OS/c1-3-4-5-6-13-18-16-10-8-15(9-11-16)17-12-7-14(2)19-17/h7-12H,3-6,13H2,1-2H3. The third kappa shape index (κ3) is 4.39. The lowest BCUT2D eigenvalue weighted by atomic mass is 10.2. The smallest absolute Gasteiger partial charge is 0.119 e. The molecule has 0 N–H and O–H groups in total. The van der Waals surface area contributed by atoms with Gasteiger partial charge in [-0.25, -0.2) is 0 Å². The minimum Gasteiger partial charge on any atom is -0.494 e. The minimum atomic E-state index is 0.831. The summed E-state index contributed by atoms with van der Waals surface area (Å²) in [6, 6.07) is 12.8. The molecule has 0 amide bonds. The number of benzene rings is 1. The normalized spacial score (nSPS) is 10.6. The first-order valence-corrected chi connectivity index (χ1v) is 7.91. The zero-order valence-electron chi connectivity index (χ0n) is 11.8. The number of rotatable bonds is 7. The number of hydrogen-bond donors (Lipinski definition) is 0. The van der Waals surface area contributed by atoms with Crippen LogP contribution in [0.5, 0.6) is 5.75 Å². The maximum Gasteiger partial charge on any atom is 0.119 e. The molecule has 2 aromatic rings. The van der Waals surface area contributed by atoms with Crippen LogP contribution < -0.4 is 4.74 Å². The SMILES string of the molecule is CCCCCCOc1ccc(-c2ccc(C)s2)cc1. The van der Waals surface area contributed by atoms with Crippen molar-refractivity contribution in [3.8, 4) is 16.2 Å². The van der Waals surface area contributed by atoms with E-state index in [1.165, 1.54) is 34.6 Å². The van der Waals surface area contributed by atoms with Gasteiger partial charge < -0.3 is 4.74 Å². The van der Waals surface area contributed by atoms with Crippen LogP contribution in [0, 0.1) is 6.92 Å². The topological polar surface area (TPSA) is 9.23 Å². The van der Waals surface area contributed by atoms with E-state index >= 15 is 0 Å². The molecule has 0 bridgehead atoms. The maximum atomic E-state index is 5.75. The molecular formula is C17H22OS. The maximum absolute atomic E-state index is 5.75. The van der Waals surface area contributed by atoms with Crippen LogP contribution in [0.15, 0.2) is 36.4 Å². The van der Waals surface area contributed by atoms with Crippen molar-refractivity contribution in [2.75, 3.05) is 6.61 Å². The molecule has 0 atom stereocenters. The molecule has 19 heavy (non-hydrogen) atoms. The van der Waals surface area contributed by atoms with Crippen molar-refractivity contribution in [1.82, 2.24) is 0 Å². The van der Waals surface area contributed by atoms with Crippen LogP contribution in [0.4, 0.5) is 0 Å². The van der Waals surface area contributed by atoms with E-state index in [-0.39, 0.29) is 0 Å². The van der Waals surface area contributed by atoms with Gasteiger partial charge in [0.15, 0.2) is 0 Å². The Hall–Kier alpha value is -1.28. The monoisotopic (exact) mass is 274 g/mol. The zero-order valence-corrected chi connectivity index (χ0v) is 12.6. The summed E-state index contributed by atoms with van der Waals surface area (Å²) in [7, 11) is 0. The fourth-order valence-corrected chi connectivity index (χ4v) is 2.90. The van der Waals surface area contributed by atoms with Crippen molar-refractivity contribution in [3.63, 3.8) is 0 Å². The molecule has 0 radical (unpaired) electrons. The molecule has 0 aliphatic rings. The van der Waals surface area contributed by atoms with Crippen molar-refractivity contribution >= 4 is 11.3 Å². The van der Waals surface area contributed by atoms with Gasteiger partial charge in [0, 0.05) is 9.75 Å². The number of aryl methyl sites for hydroxylation is 1. The van der Waals surface area contributed by atoms with Gasteiger partial charge in [-0.15, -0.1) is 11.3 Å². The first-order chi connectivity index (χ1) is 9.29. The van der Waals surface area contributed by atoms with Crippen LogP contribution in [0.3, 0.4) is 0 Å². The molecule has 1 heterocycles. The molecule has 1 nitrogen and oxygen atoms in total. The van der Waals surface area contributed by atoms with Crippen LogP contribution in [0.25, 0.3) is 10.4 Å². The first kappa shape index (κ1) is 14.1. The second kappa shape index (κ2) is 7.34. The number of unbranched alkanes of at least 4 members (excludes halogenated alkanes) is 3. The van der Waals surface area contributed by atoms with Crippen molar-refractivity contribution in [2.45, 2.75) is 39.5 Å². The Balaban J connectivity index is 1.85. The van der Waals surface area contributed by atoms with Crippen molar-refractivity contribution < 1.29 is 4.74 Å². The summed E-state index contributed by atoms with van der Waals surface area (Å²) in [4.78, 5) is 2.68. The van der Waals surface area contributed by atoms with E-state index in [0.717, 1.165) is 18.8 Å². The van der Waals surface area contributed by atoms with Gasteiger partial charge >= 0.3 is 0 Å². The molecule has 0 saturated carbocycles. The van der Waals surface area contributed by atoms with E-state index in [2.05, 4.69) is 50.2 Å². The van der Waals surface area contributed by atoms with Crippen molar-refractivity contribution in [3.05, 3.63) is 41.3 Å². The van der Waals surface area contributed by atoms with Crippen LogP contribution in [0.2, 0.25) is 0 Å². The highest BCUT2D eigenvalue weighted by molar-refractivity contribution is 7.15. The average molecular weight is 274 g/mol. The quantitative estimate of drug-likeness (QED) is 0.590. The molecular weight excluding hydrogens is 252 g/mol. The van der Waals surface area contributed by atoms with Crippen LogP contribution in [-0.4, -0.2) is 6.61 Å². The van der Waals surface area contributed by atoms with Crippen LogP contribution in [0.1, 0.15) is 37.5 Å².